The van der Waals surface area contributed by atoms with E-state index < -0.39 is 0 Å². The maximum Gasteiger partial charge on any atom is 0.238 e. The van der Waals surface area contributed by atoms with Crippen LogP contribution in [0.15, 0.2) is 24.9 Å². The van der Waals surface area contributed by atoms with Crippen molar-refractivity contribution in [1.82, 2.24) is 34.3 Å². The highest BCUT2D eigenvalue weighted by molar-refractivity contribution is 5.66. The highest BCUT2D eigenvalue weighted by Crippen LogP contribution is 2.61. The molecule has 3 aromatic heterocycles. The molecule has 0 aromatic carbocycles. The van der Waals surface area contributed by atoms with Crippen molar-refractivity contribution in [3.8, 4) is 11.6 Å². The number of imidazole rings is 1. The number of hydrogen-bond acceptors (Lipinski definition) is 7. The largest absolute Gasteiger partial charge is 0.342 e. The molecule has 2 atom stereocenters. The first-order valence-corrected chi connectivity index (χ1v) is 11.6. The van der Waals surface area contributed by atoms with Gasteiger partial charge in [-0.2, -0.15) is 4.98 Å². The van der Waals surface area contributed by atoms with Gasteiger partial charge in [0.1, 0.15) is 17.6 Å². The molecule has 2 aliphatic heterocycles. The average molecular weight is 418 g/mol. The molecular formula is C22H27N9. The smallest absolute Gasteiger partial charge is 0.238 e. The molecule has 160 valence electrons. The van der Waals surface area contributed by atoms with Gasteiger partial charge in [-0.05, 0) is 38.0 Å². The predicted molar refractivity (Wildman–Crippen MR) is 116 cm³/mol. The van der Waals surface area contributed by atoms with Crippen molar-refractivity contribution in [3.05, 3.63) is 30.7 Å². The number of rotatable bonds is 3. The molecule has 0 bridgehead atoms. The molecule has 0 amide bonds. The first kappa shape index (κ1) is 17.7. The van der Waals surface area contributed by atoms with Crippen molar-refractivity contribution in [3.63, 3.8) is 0 Å². The fourth-order valence-corrected chi connectivity index (χ4v) is 6.14. The highest BCUT2D eigenvalue weighted by Gasteiger charge is 2.64. The fourth-order valence-electron chi connectivity index (χ4n) is 6.14. The van der Waals surface area contributed by atoms with E-state index in [9.17, 15) is 0 Å². The molecule has 0 radical (unpaired) electrons. The molecule has 1 saturated heterocycles. The van der Waals surface area contributed by atoms with Crippen molar-refractivity contribution in [1.29, 1.82) is 0 Å². The van der Waals surface area contributed by atoms with E-state index in [2.05, 4.69) is 36.5 Å². The molecule has 2 saturated carbocycles. The SMILES string of the molecule is C[C@@H]1CC12c1nncn1-c1cnc(-n3ccnc3N3CCCC3)nc1N2C1CCCC1. The van der Waals surface area contributed by atoms with E-state index in [0.29, 0.717) is 17.9 Å². The van der Waals surface area contributed by atoms with Gasteiger partial charge in [0.15, 0.2) is 11.6 Å². The van der Waals surface area contributed by atoms with Crippen LogP contribution < -0.4 is 9.80 Å². The second-order valence-electron chi connectivity index (χ2n) is 9.53. The van der Waals surface area contributed by atoms with Crippen molar-refractivity contribution >= 4 is 11.8 Å². The standard InChI is InChI=1S/C22H27N9/c1-15-12-22(15)19-27-25-14-30(19)17-13-24-20(26-18(17)31(22)16-6-2-3-7-16)29-11-8-23-21(29)28-9-4-5-10-28/h8,11,13-16H,2-7,9-10,12H2,1H3/t15-,22?/m1/s1. The number of hydrogen-bond donors (Lipinski definition) is 0. The minimum atomic E-state index is -0.0865. The van der Waals surface area contributed by atoms with Gasteiger partial charge in [0.2, 0.25) is 11.9 Å². The molecule has 9 heteroatoms. The minimum absolute atomic E-state index is 0.0865. The van der Waals surface area contributed by atoms with Crippen molar-refractivity contribution < 1.29 is 0 Å². The zero-order valence-corrected chi connectivity index (χ0v) is 17.9. The Kier molecular flexibility index (Phi) is 3.58. The van der Waals surface area contributed by atoms with Crippen LogP contribution in [0.3, 0.4) is 0 Å². The summed E-state index contributed by atoms with van der Waals surface area (Å²) < 4.78 is 4.16. The monoisotopic (exact) mass is 417 g/mol. The predicted octanol–water partition coefficient (Wildman–Crippen LogP) is 2.84. The minimum Gasteiger partial charge on any atom is -0.342 e. The van der Waals surface area contributed by atoms with Crippen LogP contribution in [0.1, 0.15) is 57.7 Å². The lowest BCUT2D eigenvalue weighted by atomic mass is 10.0. The van der Waals surface area contributed by atoms with E-state index in [-0.39, 0.29) is 5.54 Å². The molecule has 31 heavy (non-hydrogen) atoms. The third-order valence-electron chi connectivity index (χ3n) is 7.78. The van der Waals surface area contributed by atoms with Crippen LogP contribution >= 0.6 is 0 Å². The summed E-state index contributed by atoms with van der Waals surface area (Å²) >= 11 is 0. The molecule has 3 aromatic rings. The van der Waals surface area contributed by atoms with Crippen LogP contribution in [0.2, 0.25) is 0 Å². The van der Waals surface area contributed by atoms with Gasteiger partial charge in [0.05, 0.1) is 6.20 Å². The zero-order chi connectivity index (χ0) is 20.6. The Morgan fingerprint density at radius 1 is 1.03 bits per heavy atom. The van der Waals surface area contributed by atoms with Gasteiger partial charge in [-0.25, -0.2) is 9.97 Å². The summed E-state index contributed by atoms with van der Waals surface area (Å²) in [4.78, 5) is 19.5. The number of nitrogens with zero attached hydrogens (tertiary/aromatic N) is 9. The van der Waals surface area contributed by atoms with E-state index in [1.807, 2.05) is 29.5 Å². The molecule has 0 N–H and O–H groups in total. The molecule has 7 rings (SSSR count). The van der Waals surface area contributed by atoms with Crippen LogP contribution in [0.4, 0.5) is 11.8 Å². The summed E-state index contributed by atoms with van der Waals surface area (Å²) in [5.41, 5.74) is 0.903. The van der Waals surface area contributed by atoms with E-state index >= 15 is 0 Å². The van der Waals surface area contributed by atoms with Crippen LogP contribution in [-0.2, 0) is 5.54 Å². The Morgan fingerprint density at radius 3 is 2.61 bits per heavy atom. The maximum atomic E-state index is 5.20. The summed E-state index contributed by atoms with van der Waals surface area (Å²) in [6.07, 6.45) is 16.1. The van der Waals surface area contributed by atoms with E-state index in [1.54, 1.807) is 0 Å². The number of aromatic nitrogens is 7. The Morgan fingerprint density at radius 2 is 1.84 bits per heavy atom. The normalized spacial score (nSPS) is 27.2. The van der Waals surface area contributed by atoms with Crippen LogP contribution in [0, 0.1) is 5.92 Å². The first-order valence-electron chi connectivity index (χ1n) is 11.6. The van der Waals surface area contributed by atoms with Crippen molar-refractivity contribution in [2.45, 2.75) is 63.5 Å². The second kappa shape index (κ2) is 6.27. The second-order valence-corrected chi connectivity index (χ2v) is 9.53. The molecule has 4 aliphatic rings. The maximum absolute atomic E-state index is 5.20. The van der Waals surface area contributed by atoms with E-state index in [1.165, 1.54) is 38.5 Å². The fraction of sp³-hybridized carbons (Fsp3) is 0.591. The average Bonchev–Trinajstić information content (AvgIpc) is 3.46. The number of fused-ring (bicyclic) bond motifs is 4. The topological polar surface area (TPSA) is 80.8 Å². The van der Waals surface area contributed by atoms with Gasteiger partial charge in [0.25, 0.3) is 0 Å². The molecule has 9 nitrogen and oxygen atoms in total. The molecule has 2 aliphatic carbocycles. The van der Waals surface area contributed by atoms with Gasteiger partial charge in [-0.15, -0.1) is 10.2 Å². The molecule has 1 unspecified atom stereocenters. The third kappa shape index (κ3) is 2.34. The Labute approximate surface area is 181 Å². The lowest BCUT2D eigenvalue weighted by molar-refractivity contribution is 0.441. The molecular weight excluding hydrogens is 390 g/mol. The van der Waals surface area contributed by atoms with Crippen molar-refractivity contribution in [2.75, 3.05) is 22.9 Å². The van der Waals surface area contributed by atoms with Crippen molar-refractivity contribution in [2.24, 2.45) is 5.92 Å². The molecule has 1 spiro atoms. The Hall–Kier alpha value is -2.97. The summed E-state index contributed by atoms with van der Waals surface area (Å²) in [7, 11) is 0. The van der Waals surface area contributed by atoms with Crippen LogP contribution in [-0.4, -0.2) is 53.4 Å². The first-order chi connectivity index (χ1) is 15.3. The summed E-state index contributed by atoms with van der Waals surface area (Å²) in [5, 5.41) is 8.86. The summed E-state index contributed by atoms with van der Waals surface area (Å²) in [5.74, 6) is 4.25. The lowest BCUT2D eigenvalue weighted by Crippen LogP contribution is -2.48. The van der Waals surface area contributed by atoms with Crippen LogP contribution in [0.5, 0.6) is 0 Å². The van der Waals surface area contributed by atoms with Gasteiger partial charge in [-0.1, -0.05) is 19.8 Å². The van der Waals surface area contributed by atoms with Gasteiger partial charge >= 0.3 is 0 Å². The quantitative estimate of drug-likeness (QED) is 0.648. The number of anilines is 2. The third-order valence-corrected chi connectivity index (χ3v) is 7.78. The summed E-state index contributed by atoms with van der Waals surface area (Å²) in [6, 6.07) is 0.498. The lowest BCUT2D eigenvalue weighted by Gasteiger charge is -2.42. The molecule has 3 fully saturated rings. The van der Waals surface area contributed by atoms with Gasteiger partial charge in [0, 0.05) is 31.5 Å². The van der Waals surface area contributed by atoms with Crippen LogP contribution in [0.25, 0.3) is 11.6 Å². The van der Waals surface area contributed by atoms with Gasteiger partial charge in [-0.3, -0.25) is 9.13 Å². The Bertz CT molecular complexity index is 1140. The van der Waals surface area contributed by atoms with Gasteiger partial charge < -0.3 is 9.80 Å². The highest BCUT2D eigenvalue weighted by atomic mass is 15.4. The Balaban J connectivity index is 1.40. The van der Waals surface area contributed by atoms with E-state index in [0.717, 1.165) is 42.8 Å². The van der Waals surface area contributed by atoms with E-state index in [4.69, 9.17) is 9.97 Å². The summed E-state index contributed by atoms with van der Waals surface area (Å²) in [6.45, 7) is 4.41. The molecule has 5 heterocycles. The zero-order valence-electron chi connectivity index (χ0n) is 17.9.